The van der Waals surface area contributed by atoms with Gasteiger partial charge < -0.3 is 20.6 Å². The molecule has 0 aromatic heterocycles. The fraction of sp³-hybridized carbons (Fsp3) is 0.385. The first kappa shape index (κ1) is 14.8. The Kier molecular flexibility index (Phi) is 5.17. The number of carbonyl (C=O) groups excluding carboxylic acids is 1. The van der Waals surface area contributed by atoms with Crippen LogP contribution in [0.3, 0.4) is 0 Å². The van der Waals surface area contributed by atoms with Crippen LogP contribution in [0.25, 0.3) is 0 Å². The number of carboxylic acid groups (broad SMARTS) is 1. The van der Waals surface area contributed by atoms with Gasteiger partial charge >= 0.3 is 5.97 Å². The standard InChI is InChI=1S/C13H17NO5/c1-2-3-5-8(13(18)19)14-12(17)11-9(15)6-4-7-10(11)16/h4,6-8,15-16H,2-3,5H2,1H3,(H,14,17)(H,18,19). The highest BCUT2D eigenvalue weighted by atomic mass is 16.4. The number of carbonyl (C=O) groups is 2. The zero-order chi connectivity index (χ0) is 14.4. The van der Waals surface area contributed by atoms with E-state index in [0.717, 1.165) is 6.42 Å². The summed E-state index contributed by atoms with van der Waals surface area (Å²) in [5.74, 6) is -2.73. The minimum Gasteiger partial charge on any atom is -0.507 e. The minimum absolute atomic E-state index is 0.298. The minimum atomic E-state index is -1.14. The second kappa shape index (κ2) is 6.63. The third-order valence-corrected chi connectivity index (χ3v) is 2.70. The second-order valence-electron chi connectivity index (χ2n) is 4.18. The molecule has 1 aromatic rings. The van der Waals surface area contributed by atoms with Gasteiger partial charge in [-0.3, -0.25) is 4.79 Å². The van der Waals surface area contributed by atoms with E-state index in [-0.39, 0.29) is 5.56 Å². The van der Waals surface area contributed by atoms with Crippen molar-refractivity contribution in [2.75, 3.05) is 0 Å². The number of phenolic OH excluding ortho intramolecular Hbond substituents is 2. The van der Waals surface area contributed by atoms with Crippen LogP contribution in [0.4, 0.5) is 0 Å². The molecule has 0 fully saturated rings. The van der Waals surface area contributed by atoms with Crippen LogP contribution in [0.5, 0.6) is 11.5 Å². The van der Waals surface area contributed by atoms with Gasteiger partial charge in [0.1, 0.15) is 23.1 Å². The molecule has 104 valence electrons. The first-order valence-corrected chi connectivity index (χ1v) is 6.02. The number of aliphatic carboxylic acids is 1. The molecule has 1 atom stereocenters. The van der Waals surface area contributed by atoms with Crippen LogP contribution in [0.2, 0.25) is 0 Å². The van der Waals surface area contributed by atoms with Gasteiger partial charge in [0.2, 0.25) is 0 Å². The van der Waals surface area contributed by atoms with Crippen LogP contribution < -0.4 is 5.32 Å². The van der Waals surface area contributed by atoms with E-state index >= 15 is 0 Å². The summed E-state index contributed by atoms with van der Waals surface area (Å²) in [5, 5.41) is 30.3. The average Bonchev–Trinajstić information content (AvgIpc) is 2.33. The van der Waals surface area contributed by atoms with E-state index in [2.05, 4.69) is 5.32 Å². The maximum Gasteiger partial charge on any atom is 0.326 e. The lowest BCUT2D eigenvalue weighted by Crippen LogP contribution is -2.40. The number of hydrogen-bond acceptors (Lipinski definition) is 4. The molecular formula is C13H17NO5. The maximum absolute atomic E-state index is 11.9. The van der Waals surface area contributed by atoms with Crippen molar-refractivity contribution in [2.24, 2.45) is 0 Å². The number of hydrogen-bond donors (Lipinski definition) is 4. The summed E-state index contributed by atoms with van der Waals surface area (Å²) in [7, 11) is 0. The lowest BCUT2D eigenvalue weighted by Gasteiger charge is -2.15. The van der Waals surface area contributed by atoms with Gasteiger partial charge in [0, 0.05) is 0 Å². The van der Waals surface area contributed by atoms with Crippen molar-refractivity contribution in [2.45, 2.75) is 32.2 Å². The molecule has 0 aliphatic carbocycles. The number of phenols is 2. The van der Waals surface area contributed by atoms with Crippen molar-refractivity contribution in [1.29, 1.82) is 0 Å². The Labute approximate surface area is 110 Å². The Morgan fingerprint density at radius 1 is 1.26 bits per heavy atom. The maximum atomic E-state index is 11.9. The van der Waals surface area contributed by atoms with Crippen molar-refractivity contribution in [1.82, 2.24) is 5.32 Å². The summed E-state index contributed by atoms with van der Waals surface area (Å²) in [5.41, 5.74) is -0.315. The van der Waals surface area contributed by atoms with Crippen molar-refractivity contribution in [3.63, 3.8) is 0 Å². The normalized spacial score (nSPS) is 11.8. The summed E-state index contributed by atoms with van der Waals surface area (Å²) in [6.07, 6.45) is 1.76. The molecular weight excluding hydrogens is 250 g/mol. The van der Waals surface area contributed by atoms with Crippen LogP contribution >= 0.6 is 0 Å². The third kappa shape index (κ3) is 3.87. The van der Waals surface area contributed by atoms with Crippen LogP contribution in [0.1, 0.15) is 36.5 Å². The Bertz CT molecular complexity index is 452. The molecule has 1 rings (SSSR count). The molecule has 1 unspecified atom stereocenters. The third-order valence-electron chi connectivity index (χ3n) is 2.70. The van der Waals surface area contributed by atoms with E-state index in [4.69, 9.17) is 5.11 Å². The van der Waals surface area contributed by atoms with E-state index in [0.29, 0.717) is 12.8 Å². The molecule has 6 nitrogen and oxygen atoms in total. The Morgan fingerprint density at radius 3 is 2.32 bits per heavy atom. The fourth-order valence-electron chi connectivity index (χ4n) is 1.66. The average molecular weight is 267 g/mol. The van der Waals surface area contributed by atoms with Gasteiger partial charge in [0.05, 0.1) is 0 Å². The summed E-state index contributed by atoms with van der Waals surface area (Å²) >= 11 is 0. The largest absolute Gasteiger partial charge is 0.507 e. The van der Waals surface area contributed by atoms with E-state index in [1.165, 1.54) is 18.2 Å². The quantitative estimate of drug-likeness (QED) is 0.624. The number of nitrogens with one attached hydrogen (secondary N) is 1. The summed E-state index contributed by atoms with van der Waals surface area (Å²) in [4.78, 5) is 22.9. The highest BCUT2D eigenvalue weighted by Crippen LogP contribution is 2.26. The predicted octanol–water partition coefficient (Wildman–Crippen LogP) is 1.47. The number of aromatic hydroxyl groups is 2. The van der Waals surface area contributed by atoms with Gasteiger partial charge in [-0.15, -0.1) is 0 Å². The zero-order valence-corrected chi connectivity index (χ0v) is 10.6. The van der Waals surface area contributed by atoms with Gasteiger partial charge in [-0.2, -0.15) is 0 Å². The summed E-state index contributed by atoms with van der Waals surface area (Å²) in [6.45, 7) is 1.91. The van der Waals surface area contributed by atoms with E-state index < -0.39 is 29.4 Å². The molecule has 4 N–H and O–H groups in total. The second-order valence-corrected chi connectivity index (χ2v) is 4.18. The van der Waals surface area contributed by atoms with Crippen LogP contribution in [0.15, 0.2) is 18.2 Å². The number of carboxylic acids is 1. The fourth-order valence-corrected chi connectivity index (χ4v) is 1.66. The Morgan fingerprint density at radius 2 is 1.84 bits per heavy atom. The number of rotatable bonds is 6. The van der Waals surface area contributed by atoms with E-state index in [1.54, 1.807) is 0 Å². The topological polar surface area (TPSA) is 107 Å². The molecule has 1 aromatic carbocycles. The molecule has 0 saturated carbocycles. The van der Waals surface area contributed by atoms with Crippen LogP contribution in [-0.4, -0.2) is 33.2 Å². The van der Waals surface area contributed by atoms with Crippen LogP contribution in [0, 0.1) is 0 Å². The highest BCUT2D eigenvalue weighted by molar-refractivity contribution is 6.01. The molecule has 0 aliphatic rings. The Hall–Kier alpha value is -2.24. The van der Waals surface area contributed by atoms with Gasteiger partial charge in [-0.05, 0) is 18.6 Å². The SMILES string of the molecule is CCCCC(NC(=O)c1c(O)cccc1O)C(=O)O. The monoisotopic (exact) mass is 267 g/mol. The Balaban J connectivity index is 2.85. The first-order chi connectivity index (χ1) is 8.97. The number of unbranched alkanes of at least 4 members (excludes halogenated alkanes) is 1. The molecule has 0 heterocycles. The van der Waals surface area contributed by atoms with Gasteiger partial charge in [0.25, 0.3) is 5.91 Å². The highest BCUT2D eigenvalue weighted by Gasteiger charge is 2.23. The predicted molar refractivity (Wildman–Crippen MR) is 68.2 cm³/mol. The lowest BCUT2D eigenvalue weighted by atomic mass is 10.1. The molecule has 0 radical (unpaired) electrons. The van der Waals surface area contributed by atoms with Gasteiger partial charge in [0.15, 0.2) is 0 Å². The lowest BCUT2D eigenvalue weighted by molar-refractivity contribution is -0.139. The van der Waals surface area contributed by atoms with Crippen LogP contribution in [-0.2, 0) is 4.79 Å². The summed E-state index contributed by atoms with van der Waals surface area (Å²) < 4.78 is 0. The number of benzene rings is 1. The number of amides is 1. The summed E-state index contributed by atoms with van der Waals surface area (Å²) in [6, 6.07) is 2.84. The molecule has 0 spiro atoms. The van der Waals surface area contributed by atoms with E-state index in [1.807, 2.05) is 6.92 Å². The molecule has 0 bridgehead atoms. The van der Waals surface area contributed by atoms with Gasteiger partial charge in [-0.25, -0.2) is 4.79 Å². The molecule has 0 saturated heterocycles. The van der Waals surface area contributed by atoms with Crippen molar-refractivity contribution < 1.29 is 24.9 Å². The smallest absolute Gasteiger partial charge is 0.326 e. The molecule has 0 aliphatic heterocycles. The van der Waals surface area contributed by atoms with Crippen molar-refractivity contribution in [3.8, 4) is 11.5 Å². The van der Waals surface area contributed by atoms with Crippen molar-refractivity contribution >= 4 is 11.9 Å². The van der Waals surface area contributed by atoms with Crippen molar-refractivity contribution in [3.05, 3.63) is 23.8 Å². The molecule has 1 amide bonds. The van der Waals surface area contributed by atoms with E-state index in [9.17, 15) is 19.8 Å². The first-order valence-electron chi connectivity index (χ1n) is 6.02. The molecule has 19 heavy (non-hydrogen) atoms. The molecule has 6 heteroatoms. The van der Waals surface area contributed by atoms with Gasteiger partial charge in [-0.1, -0.05) is 25.8 Å². The zero-order valence-electron chi connectivity index (χ0n) is 10.6.